The zero-order chi connectivity index (χ0) is 17.1. The Kier molecular flexibility index (Phi) is 4.61. The van der Waals surface area contributed by atoms with Crippen LogP contribution >= 0.6 is 0 Å². The third-order valence-corrected chi connectivity index (χ3v) is 4.97. The van der Waals surface area contributed by atoms with Crippen molar-refractivity contribution in [2.24, 2.45) is 5.92 Å². The number of nitrogens with one attached hydrogen (secondary N) is 1. The highest BCUT2D eigenvalue weighted by molar-refractivity contribution is 5.42. The molecule has 0 radical (unpaired) electrons. The summed E-state index contributed by atoms with van der Waals surface area (Å²) in [4.78, 5) is 2.56. The van der Waals surface area contributed by atoms with Gasteiger partial charge in [-0.15, -0.1) is 15.3 Å². The summed E-state index contributed by atoms with van der Waals surface area (Å²) in [5.74, 6) is 1.59. The maximum absolute atomic E-state index is 4.47. The first-order valence-corrected chi connectivity index (χ1v) is 8.95. The van der Waals surface area contributed by atoms with E-state index in [0.717, 1.165) is 37.6 Å². The van der Waals surface area contributed by atoms with Gasteiger partial charge in [-0.1, -0.05) is 29.8 Å². The van der Waals surface area contributed by atoms with Crippen LogP contribution in [0.2, 0.25) is 0 Å². The molecule has 1 fully saturated rings. The van der Waals surface area contributed by atoms with Crippen LogP contribution in [-0.2, 0) is 6.54 Å². The molecule has 0 unspecified atom stereocenters. The molecule has 4 rings (SSSR count). The van der Waals surface area contributed by atoms with Crippen molar-refractivity contribution in [3.8, 4) is 0 Å². The number of fused-ring (bicyclic) bond motifs is 1. The third-order valence-electron chi connectivity index (χ3n) is 4.97. The smallest absolute Gasteiger partial charge is 0.177 e. The van der Waals surface area contributed by atoms with E-state index in [0.29, 0.717) is 5.92 Å². The molecular weight excluding hydrogens is 312 g/mol. The van der Waals surface area contributed by atoms with Crippen molar-refractivity contribution in [3.05, 3.63) is 53.9 Å². The highest BCUT2D eigenvalue weighted by Gasteiger charge is 2.19. The molecule has 1 aliphatic heterocycles. The number of hydrogen-bond donors (Lipinski definition) is 1. The highest BCUT2D eigenvalue weighted by Crippen LogP contribution is 2.20. The summed E-state index contributed by atoms with van der Waals surface area (Å²) in [7, 11) is 0. The zero-order valence-electron chi connectivity index (χ0n) is 14.6. The van der Waals surface area contributed by atoms with E-state index in [-0.39, 0.29) is 0 Å². The van der Waals surface area contributed by atoms with Crippen LogP contribution < -0.4 is 5.32 Å². The van der Waals surface area contributed by atoms with Gasteiger partial charge in [-0.25, -0.2) is 0 Å². The second kappa shape index (κ2) is 7.19. The van der Waals surface area contributed by atoms with Gasteiger partial charge in [0.1, 0.15) is 12.1 Å². The topological polar surface area (TPSA) is 58.3 Å². The van der Waals surface area contributed by atoms with Crippen molar-refractivity contribution in [2.75, 3.05) is 25.0 Å². The summed E-state index contributed by atoms with van der Waals surface area (Å²) in [6, 6.07) is 12.8. The molecule has 25 heavy (non-hydrogen) atoms. The molecular formula is C19H24N6. The molecule has 3 heterocycles. The minimum atomic E-state index is 0.702. The first-order chi connectivity index (χ1) is 12.3. The Morgan fingerprint density at radius 3 is 2.68 bits per heavy atom. The van der Waals surface area contributed by atoms with Gasteiger partial charge in [-0.2, -0.15) is 4.52 Å². The van der Waals surface area contributed by atoms with Crippen LogP contribution in [0.1, 0.15) is 24.0 Å². The third kappa shape index (κ3) is 3.96. The van der Waals surface area contributed by atoms with Gasteiger partial charge in [0.05, 0.1) is 0 Å². The number of rotatable bonds is 5. The fraction of sp³-hybridized carbons (Fsp3) is 0.421. The van der Waals surface area contributed by atoms with E-state index < -0.39 is 0 Å². The Hall–Kier alpha value is -2.47. The molecule has 0 aliphatic carbocycles. The van der Waals surface area contributed by atoms with Crippen LogP contribution in [0.3, 0.4) is 0 Å². The largest absolute Gasteiger partial charge is 0.368 e. The maximum Gasteiger partial charge on any atom is 0.177 e. The number of anilines is 1. The van der Waals surface area contributed by atoms with Crippen LogP contribution in [-0.4, -0.2) is 44.3 Å². The van der Waals surface area contributed by atoms with Gasteiger partial charge in [-0.3, -0.25) is 4.90 Å². The molecule has 1 aromatic carbocycles. The van der Waals surface area contributed by atoms with Gasteiger partial charge in [-0.05, 0) is 56.5 Å². The van der Waals surface area contributed by atoms with Gasteiger partial charge >= 0.3 is 0 Å². The van der Waals surface area contributed by atoms with Gasteiger partial charge < -0.3 is 5.32 Å². The highest BCUT2D eigenvalue weighted by atomic mass is 15.4. The van der Waals surface area contributed by atoms with Crippen LogP contribution in [0.5, 0.6) is 0 Å². The predicted molar refractivity (Wildman–Crippen MR) is 98.5 cm³/mol. The van der Waals surface area contributed by atoms with E-state index in [1.807, 2.05) is 12.1 Å². The number of nitrogens with zero attached hydrogens (tertiary/aromatic N) is 5. The molecule has 6 heteroatoms. The second-order valence-corrected chi connectivity index (χ2v) is 6.94. The standard InChI is InChI=1S/C19H24N6/c1-15-2-4-17(5-3-15)13-24-10-8-16(9-11-24)12-20-18-6-7-19-22-21-14-25(19)23-18/h2-7,14,16H,8-13H2,1H3,(H,20,23). The monoisotopic (exact) mass is 336 g/mol. The Balaban J connectivity index is 1.25. The van der Waals surface area contributed by atoms with Crippen LogP contribution in [0.25, 0.3) is 5.65 Å². The number of piperidine rings is 1. The number of aromatic nitrogens is 4. The number of aryl methyl sites for hydroxylation is 1. The van der Waals surface area contributed by atoms with E-state index in [4.69, 9.17) is 0 Å². The minimum absolute atomic E-state index is 0.702. The zero-order valence-corrected chi connectivity index (χ0v) is 14.6. The second-order valence-electron chi connectivity index (χ2n) is 6.94. The predicted octanol–water partition coefficient (Wildman–Crippen LogP) is 2.76. The summed E-state index contributed by atoms with van der Waals surface area (Å²) < 4.78 is 1.70. The molecule has 1 saturated heterocycles. The van der Waals surface area contributed by atoms with Gasteiger partial charge in [0.15, 0.2) is 5.65 Å². The Morgan fingerprint density at radius 1 is 1.08 bits per heavy atom. The summed E-state index contributed by atoms with van der Waals surface area (Å²) in [5.41, 5.74) is 3.51. The molecule has 130 valence electrons. The van der Waals surface area contributed by atoms with Crippen molar-refractivity contribution >= 4 is 11.5 Å². The van der Waals surface area contributed by atoms with Crippen molar-refractivity contribution in [1.29, 1.82) is 0 Å². The lowest BCUT2D eigenvalue weighted by Gasteiger charge is -2.32. The summed E-state index contributed by atoms with van der Waals surface area (Å²) in [5, 5.41) is 15.8. The average Bonchev–Trinajstić information content (AvgIpc) is 3.11. The first kappa shape index (κ1) is 16.0. The maximum atomic E-state index is 4.47. The van der Waals surface area contributed by atoms with E-state index >= 15 is 0 Å². The fourth-order valence-electron chi connectivity index (χ4n) is 3.37. The molecule has 3 aromatic rings. The molecule has 0 spiro atoms. The molecule has 1 N–H and O–H groups in total. The van der Waals surface area contributed by atoms with Crippen molar-refractivity contribution in [3.63, 3.8) is 0 Å². The van der Waals surface area contributed by atoms with Gasteiger partial charge in [0.25, 0.3) is 0 Å². The van der Waals surface area contributed by atoms with Gasteiger partial charge in [0.2, 0.25) is 0 Å². The summed E-state index contributed by atoms with van der Waals surface area (Å²) in [6.07, 6.45) is 4.09. The Morgan fingerprint density at radius 2 is 1.88 bits per heavy atom. The molecule has 6 nitrogen and oxygen atoms in total. The summed E-state index contributed by atoms with van der Waals surface area (Å²) >= 11 is 0. The van der Waals surface area contributed by atoms with Crippen molar-refractivity contribution in [1.82, 2.24) is 24.7 Å². The number of hydrogen-bond acceptors (Lipinski definition) is 5. The van der Waals surface area contributed by atoms with Crippen LogP contribution in [0.4, 0.5) is 5.82 Å². The first-order valence-electron chi connectivity index (χ1n) is 8.95. The SMILES string of the molecule is Cc1ccc(CN2CCC(CNc3ccc4nncn4n3)CC2)cc1. The lowest BCUT2D eigenvalue weighted by molar-refractivity contribution is 0.182. The van der Waals surface area contributed by atoms with Crippen molar-refractivity contribution in [2.45, 2.75) is 26.3 Å². The normalized spacial score (nSPS) is 16.4. The molecule has 0 saturated carbocycles. The molecule has 0 bridgehead atoms. The minimum Gasteiger partial charge on any atom is -0.368 e. The number of benzene rings is 1. The lowest BCUT2D eigenvalue weighted by Crippen LogP contribution is -2.35. The van der Waals surface area contributed by atoms with E-state index in [1.54, 1.807) is 10.8 Å². The molecule has 0 amide bonds. The van der Waals surface area contributed by atoms with E-state index in [2.05, 4.69) is 56.7 Å². The lowest BCUT2D eigenvalue weighted by atomic mass is 9.96. The molecule has 2 aromatic heterocycles. The Bertz CT molecular complexity index is 817. The number of likely N-dealkylation sites (tertiary alicyclic amines) is 1. The van der Waals surface area contributed by atoms with Crippen molar-refractivity contribution < 1.29 is 0 Å². The summed E-state index contributed by atoms with van der Waals surface area (Å²) in [6.45, 7) is 6.50. The quantitative estimate of drug-likeness (QED) is 0.776. The fourth-order valence-corrected chi connectivity index (χ4v) is 3.37. The van der Waals surface area contributed by atoms with Gasteiger partial charge in [0, 0.05) is 13.1 Å². The van der Waals surface area contributed by atoms with E-state index in [9.17, 15) is 0 Å². The average molecular weight is 336 g/mol. The molecule has 1 aliphatic rings. The Labute approximate surface area is 147 Å². The van der Waals surface area contributed by atoms with E-state index in [1.165, 1.54) is 24.0 Å². The van der Waals surface area contributed by atoms with Crippen LogP contribution in [0, 0.1) is 12.8 Å². The van der Waals surface area contributed by atoms with Crippen LogP contribution in [0.15, 0.2) is 42.7 Å². The molecule has 0 atom stereocenters.